The van der Waals surface area contributed by atoms with Crippen LogP contribution in [-0.4, -0.2) is 58.3 Å². The number of hydrogen-bond acceptors (Lipinski definition) is 6. The summed E-state index contributed by atoms with van der Waals surface area (Å²) in [4.78, 5) is 26.6. The maximum atomic E-state index is 13.2. The monoisotopic (exact) mass is 401 g/mol. The van der Waals surface area contributed by atoms with E-state index in [-0.39, 0.29) is 43.3 Å². The summed E-state index contributed by atoms with van der Waals surface area (Å²) in [6.07, 6.45) is 0. The number of benzene rings is 2. The Labute approximate surface area is 166 Å². The molecule has 0 radical (unpaired) electrons. The Balaban J connectivity index is 2.07. The van der Waals surface area contributed by atoms with Gasteiger partial charge < -0.3 is 25.0 Å². The van der Waals surface area contributed by atoms with E-state index in [1.165, 1.54) is 29.2 Å². The summed E-state index contributed by atoms with van der Waals surface area (Å²) in [7, 11) is 0. The molecule has 0 bridgehead atoms. The number of halogens is 1. The predicted molar refractivity (Wildman–Crippen MR) is 101 cm³/mol. The molecule has 1 aliphatic heterocycles. The van der Waals surface area contributed by atoms with Crippen LogP contribution in [0.1, 0.15) is 17.2 Å². The zero-order chi connectivity index (χ0) is 21.0. The fourth-order valence-electron chi connectivity index (χ4n) is 3.24. The van der Waals surface area contributed by atoms with Crippen LogP contribution in [-0.2, 0) is 14.3 Å². The Kier molecular flexibility index (Phi) is 6.26. The van der Waals surface area contributed by atoms with Gasteiger partial charge >= 0.3 is 0 Å². The molecule has 2 aromatic carbocycles. The van der Waals surface area contributed by atoms with Gasteiger partial charge in [0, 0.05) is 12.1 Å². The predicted octanol–water partition coefficient (Wildman–Crippen LogP) is 1.96. The second-order valence-corrected chi connectivity index (χ2v) is 6.43. The van der Waals surface area contributed by atoms with Crippen LogP contribution >= 0.6 is 0 Å². The number of aliphatic hydroxyl groups excluding tert-OH is 2. The second-order valence-electron chi connectivity index (χ2n) is 6.43. The van der Waals surface area contributed by atoms with E-state index in [1.807, 2.05) is 0 Å². The van der Waals surface area contributed by atoms with E-state index in [4.69, 9.17) is 9.84 Å². The Hall–Kier alpha value is -3.23. The van der Waals surface area contributed by atoms with Gasteiger partial charge in [0.2, 0.25) is 0 Å². The first-order valence-electron chi connectivity index (χ1n) is 8.96. The zero-order valence-electron chi connectivity index (χ0n) is 15.4. The lowest BCUT2D eigenvalue weighted by molar-refractivity contribution is -0.140. The minimum Gasteiger partial charge on any atom is -0.508 e. The lowest BCUT2D eigenvalue weighted by Crippen LogP contribution is -2.33. The smallest absolute Gasteiger partial charge is 0.295 e. The highest BCUT2D eigenvalue weighted by molar-refractivity contribution is 6.46. The molecular formula is C21H20FNO6. The number of hydrogen-bond donors (Lipinski definition) is 3. The maximum Gasteiger partial charge on any atom is 0.295 e. The highest BCUT2D eigenvalue weighted by atomic mass is 19.1. The Bertz CT molecular complexity index is 940. The molecule has 3 N–H and O–H groups in total. The number of ether oxygens (including phenoxy) is 1. The molecule has 1 atom stereocenters. The van der Waals surface area contributed by atoms with Crippen molar-refractivity contribution < 1.29 is 34.0 Å². The first-order valence-corrected chi connectivity index (χ1v) is 8.96. The van der Waals surface area contributed by atoms with E-state index in [9.17, 15) is 24.2 Å². The summed E-state index contributed by atoms with van der Waals surface area (Å²) in [6.45, 7) is 0.000243. The van der Waals surface area contributed by atoms with Crippen LogP contribution in [0.4, 0.5) is 4.39 Å². The van der Waals surface area contributed by atoms with Crippen molar-refractivity contribution in [1.29, 1.82) is 0 Å². The SMILES string of the molecule is O=C1C(=O)N(CCOCCO)C(c2cccc(O)c2)C1=C(O)c1ccc(F)cc1. The van der Waals surface area contributed by atoms with E-state index in [1.54, 1.807) is 12.1 Å². The highest BCUT2D eigenvalue weighted by Gasteiger charge is 2.45. The largest absolute Gasteiger partial charge is 0.508 e. The molecule has 0 aromatic heterocycles. The number of carbonyl (C=O) groups excluding carboxylic acids is 2. The van der Waals surface area contributed by atoms with Gasteiger partial charge in [-0.1, -0.05) is 12.1 Å². The number of Topliss-reactive ketones (excluding diaryl/α,β-unsaturated/α-hetero) is 1. The van der Waals surface area contributed by atoms with Crippen molar-refractivity contribution in [1.82, 2.24) is 4.90 Å². The minimum atomic E-state index is -0.954. The van der Waals surface area contributed by atoms with Crippen LogP contribution in [0.15, 0.2) is 54.1 Å². The molecule has 1 heterocycles. The van der Waals surface area contributed by atoms with Crippen molar-refractivity contribution in [3.8, 4) is 5.75 Å². The number of phenolic OH excluding ortho intramolecular Hbond substituents is 1. The molecule has 1 fully saturated rings. The van der Waals surface area contributed by atoms with Crippen molar-refractivity contribution in [3.05, 3.63) is 71.0 Å². The van der Waals surface area contributed by atoms with Gasteiger partial charge in [-0.2, -0.15) is 0 Å². The van der Waals surface area contributed by atoms with E-state index in [0.29, 0.717) is 5.56 Å². The third-order valence-electron chi connectivity index (χ3n) is 4.56. The number of carbonyl (C=O) groups is 2. The molecule has 3 rings (SSSR count). The van der Waals surface area contributed by atoms with Gasteiger partial charge in [0.15, 0.2) is 0 Å². The molecule has 29 heavy (non-hydrogen) atoms. The molecule has 7 nitrogen and oxygen atoms in total. The molecule has 1 saturated heterocycles. The number of rotatable bonds is 7. The summed E-state index contributed by atoms with van der Waals surface area (Å²) in [5.74, 6) is -2.72. The molecule has 2 aromatic rings. The number of nitrogens with zero attached hydrogens (tertiary/aromatic N) is 1. The summed E-state index contributed by atoms with van der Waals surface area (Å²) < 4.78 is 18.4. The number of likely N-dealkylation sites (tertiary alicyclic amines) is 1. The van der Waals surface area contributed by atoms with Crippen molar-refractivity contribution in [3.63, 3.8) is 0 Å². The third-order valence-corrected chi connectivity index (χ3v) is 4.56. The molecular weight excluding hydrogens is 381 g/mol. The molecule has 152 valence electrons. The fourth-order valence-corrected chi connectivity index (χ4v) is 3.24. The fraction of sp³-hybridized carbons (Fsp3) is 0.238. The average molecular weight is 401 g/mol. The van der Waals surface area contributed by atoms with Crippen molar-refractivity contribution >= 4 is 17.4 Å². The zero-order valence-corrected chi connectivity index (χ0v) is 15.4. The Morgan fingerprint density at radius 1 is 1.10 bits per heavy atom. The number of ketones is 1. The molecule has 0 spiro atoms. The van der Waals surface area contributed by atoms with E-state index in [2.05, 4.69) is 0 Å². The first-order chi connectivity index (χ1) is 13.9. The third kappa shape index (κ3) is 4.28. The van der Waals surface area contributed by atoms with Gasteiger partial charge in [-0.3, -0.25) is 9.59 Å². The van der Waals surface area contributed by atoms with E-state index in [0.717, 1.165) is 12.1 Å². The topological polar surface area (TPSA) is 107 Å². The maximum absolute atomic E-state index is 13.2. The Morgan fingerprint density at radius 2 is 1.83 bits per heavy atom. The van der Waals surface area contributed by atoms with Crippen LogP contribution in [0.25, 0.3) is 5.76 Å². The van der Waals surface area contributed by atoms with Gasteiger partial charge in [-0.25, -0.2) is 4.39 Å². The van der Waals surface area contributed by atoms with E-state index >= 15 is 0 Å². The number of amides is 1. The molecule has 1 aliphatic rings. The summed E-state index contributed by atoms with van der Waals surface area (Å²) in [5, 5.41) is 29.4. The van der Waals surface area contributed by atoms with Gasteiger partial charge in [-0.05, 0) is 42.0 Å². The number of phenols is 1. The van der Waals surface area contributed by atoms with Crippen LogP contribution < -0.4 is 0 Å². The van der Waals surface area contributed by atoms with Crippen LogP contribution in [0.3, 0.4) is 0 Å². The van der Waals surface area contributed by atoms with E-state index < -0.39 is 29.3 Å². The first kappa shape index (κ1) is 20.5. The van der Waals surface area contributed by atoms with Crippen molar-refractivity contribution in [2.45, 2.75) is 6.04 Å². The quantitative estimate of drug-likeness (QED) is 0.283. The van der Waals surface area contributed by atoms with Gasteiger partial charge in [0.05, 0.1) is 31.4 Å². The minimum absolute atomic E-state index is 0.0328. The second kappa shape index (κ2) is 8.85. The molecule has 0 saturated carbocycles. The Morgan fingerprint density at radius 3 is 2.48 bits per heavy atom. The summed E-state index contributed by atoms with van der Waals surface area (Å²) in [6, 6.07) is 9.96. The number of aromatic hydroxyl groups is 1. The normalized spacial score (nSPS) is 18.4. The summed E-state index contributed by atoms with van der Waals surface area (Å²) >= 11 is 0. The molecule has 1 amide bonds. The van der Waals surface area contributed by atoms with Crippen LogP contribution in [0, 0.1) is 5.82 Å². The standard InChI is InChI=1S/C21H20FNO6/c22-15-6-4-13(5-7-15)19(26)17-18(14-2-1-3-16(25)12-14)23(21(28)20(17)27)8-10-29-11-9-24/h1-7,12,18,24-26H,8-11H2. The number of aliphatic hydroxyl groups is 2. The summed E-state index contributed by atoms with van der Waals surface area (Å²) in [5.41, 5.74) is 0.454. The van der Waals surface area contributed by atoms with Crippen molar-refractivity contribution in [2.75, 3.05) is 26.4 Å². The lowest BCUT2D eigenvalue weighted by atomic mass is 9.95. The van der Waals surface area contributed by atoms with Crippen LogP contribution in [0.2, 0.25) is 0 Å². The van der Waals surface area contributed by atoms with Crippen molar-refractivity contribution in [2.24, 2.45) is 0 Å². The van der Waals surface area contributed by atoms with Gasteiger partial charge in [0.25, 0.3) is 11.7 Å². The average Bonchev–Trinajstić information content (AvgIpc) is 2.96. The van der Waals surface area contributed by atoms with Crippen LogP contribution in [0.5, 0.6) is 5.75 Å². The molecule has 0 aliphatic carbocycles. The lowest BCUT2D eigenvalue weighted by Gasteiger charge is -2.25. The van der Waals surface area contributed by atoms with Gasteiger partial charge in [-0.15, -0.1) is 0 Å². The molecule has 1 unspecified atom stereocenters. The highest BCUT2D eigenvalue weighted by Crippen LogP contribution is 2.39. The molecule has 8 heteroatoms. The van der Waals surface area contributed by atoms with Gasteiger partial charge in [0.1, 0.15) is 17.3 Å².